The standard InChI is InChI=1S/C7H13N3O2/c1-5(2)3-6(7(8)12)10-9-4-11/h5-6,10H,3H2,1-2H3,(H2,8,12). The topological polar surface area (TPSA) is 84.6 Å². The van der Waals surface area contributed by atoms with Gasteiger partial charge in [0.15, 0.2) is 0 Å². The van der Waals surface area contributed by atoms with Crippen LogP contribution in [0.2, 0.25) is 0 Å². The number of carbonyl (C=O) groups excluding carboxylic acids is 2. The van der Waals surface area contributed by atoms with Gasteiger partial charge in [-0.1, -0.05) is 18.9 Å². The van der Waals surface area contributed by atoms with Gasteiger partial charge in [0.25, 0.3) is 6.08 Å². The Kier molecular flexibility index (Phi) is 4.72. The number of nitrogens with one attached hydrogen (secondary N) is 1. The molecule has 5 nitrogen and oxygen atoms in total. The summed E-state index contributed by atoms with van der Waals surface area (Å²) in [6, 6.07) is -0.577. The zero-order chi connectivity index (χ0) is 9.56. The molecular formula is C7H13N3O2. The van der Waals surface area contributed by atoms with E-state index in [-0.39, 0.29) is 0 Å². The van der Waals surface area contributed by atoms with Gasteiger partial charge in [0.05, 0.1) is 0 Å². The highest BCUT2D eigenvalue weighted by Gasteiger charge is 2.15. The number of hydrogen-bond donors (Lipinski definition) is 2. The molecule has 5 heteroatoms. The Morgan fingerprint density at radius 3 is 2.58 bits per heavy atom. The molecule has 0 aliphatic carbocycles. The minimum Gasteiger partial charge on any atom is -0.368 e. The summed E-state index contributed by atoms with van der Waals surface area (Å²) in [7, 11) is 0. The molecule has 0 radical (unpaired) electrons. The average molecular weight is 171 g/mol. The van der Waals surface area contributed by atoms with Crippen LogP contribution in [0, 0.1) is 5.92 Å². The Bertz CT molecular complexity index is 197. The molecule has 0 aromatic carbocycles. The Labute approximate surface area is 71.0 Å². The van der Waals surface area contributed by atoms with Crippen molar-refractivity contribution in [2.75, 3.05) is 0 Å². The summed E-state index contributed by atoms with van der Waals surface area (Å²) in [6.45, 7) is 3.89. The number of nitrogens with zero attached hydrogens (tertiary/aromatic N) is 1. The first-order chi connectivity index (χ1) is 5.57. The van der Waals surface area contributed by atoms with E-state index in [9.17, 15) is 9.59 Å². The van der Waals surface area contributed by atoms with E-state index >= 15 is 0 Å². The highest BCUT2D eigenvalue weighted by atomic mass is 16.1. The van der Waals surface area contributed by atoms with E-state index in [1.807, 2.05) is 13.8 Å². The van der Waals surface area contributed by atoms with Crippen molar-refractivity contribution < 1.29 is 9.59 Å². The number of carbonyl (C=O) groups is 1. The Morgan fingerprint density at radius 1 is 1.67 bits per heavy atom. The number of nitrogens with two attached hydrogens (primary N) is 1. The van der Waals surface area contributed by atoms with E-state index in [4.69, 9.17) is 5.73 Å². The molecule has 0 spiro atoms. The fourth-order valence-corrected chi connectivity index (χ4v) is 0.808. The number of rotatable bonds is 5. The number of hydrazone groups is 1. The fourth-order valence-electron chi connectivity index (χ4n) is 0.808. The summed E-state index contributed by atoms with van der Waals surface area (Å²) in [5.41, 5.74) is 7.36. The van der Waals surface area contributed by atoms with Crippen LogP contribution in [0.1, 0.15) is 20.3 Å². The van der Waals surface area contributed by atoms with Gasteiger partial charge in [-0.2, -0.15) is 0 Å². The quantitative estimate of drug-likeness (QED) is 0.339. The van der Waals surface area contributed by atoms with Crippen LogP contribution in [0.25, 0.3) is 0 Å². The maximum atomic E-state index is 10.7. The molecule has 1 amide bonds. The van der Waals surface area contributed by atoms with Crippen LogP contribution in [-0.2, 0) is 9.59 Å². The largest absolute Gasteiger partial charge is 0.368 e. The van der Waals surface area contributed by atoms with E-state index in [0.29, 0.717) is 12.3 Å². The second-order valence-corrected chi connectivity index (χ2v) is 2.92. The van der Waals surface area contributed by atoms with Crippen LogP contribution >= 0.6 is 0 Å². The lowest BCUT2D eigenvalue weighted by Gasteiger charge is -2.13. The monoisotopic (exact) mass is 171 g/mol. The SMILES string of the molecule is CC(C)CC(NN=C=O)C(N)=O. The van der Waals surface area contributed by atoms with E-state index in [1.54, 1.807) is 0 Å². The Morgan fingerprint density at radius 2 is 2.25 bits per heavy atom. The minimum absolute atomic E-state index is 0.317. The zero-order valence-corrected chi connectivity index (χ0v) is 7.20. The zero-order valence-electron chi connectivity index (χ0n) is 7.20. The van der Waals surface area contributed by atoms with Gasteiger partial charge < -0.3 is 5.73 Å². The maximum absolute atomic E-state index is 10.7. The Balaban J connectivity index is 4.04. The predicted octanol–water partition coefficient (Wildman–Crippen LogP) is -0.273. The molecule has 3 N–H and O–H groups in total. The highest BCUT2D eigenvalue weighted by molar-refractivity contribution is 5.79. The van der Waals surface area contributed by atoms with Gasteiger partial charge in [-0.15, -0.1) is 0 Å². The van der Waals surface area contributed by atoms with Gasteiger partial charge in [-0.05, 0) is 12.3 Å². The van der Waals surface area contributed by atoms with Gasteiger partial charge in [0.1, 0.15) is 6.04 Å². The number of amides is 1. The van der Waals surface area contributed by atoms with Gasteiger partial charge in [-0.3, -0.25) is 10.2 Å². The molecule has 0 heterocycles. The van der Waals surface area contributed by atoms with E-state index < -0.39 is 11.9 Å². The average Bonchev–Trinajstić information content (AvgIpc) is 1.96. The smallest absolute Gasteiger partial charge is 0.258 e. The van der Waals surface area contributed by atoms with Gasteiger partial charge in [0, 0.05) is 0 Å². The first-order valence-electron chi connectivity index (χ1n) is 3.69. The lowest BCUT2D eigenvalue weighted by atomic mass is 10.0. The third kappa shape index (κ3) is 4.46. The maximum Gasteiger partial charge on any atom is 0.258 e. The van der Waals surface area contributed by atoms with E-state index in [0.717, 1.165) is 0 Å². The molecule has 0 aromatic rings. The van der Waals surface area contributed by atoms with Gasteiger partial charge in [-0.25, -0.2) is 4.79 Å². The molecule has 0 aromatic heterocycles. The van der Waals surface area contributed by atoms with Crippen LogP contribution in [0.15, 0.2) is 5.10 Å². The summed E-state index contributed by atoms with van der Waals surface area (Å²) in [6.07, 6.45) is 1.84. The molecule has 0 bridgehead atoms. The van der Waals surface area contributed by atoms with Crippen LogP contribution in [0.3, 0.4) is 0 Å². The second kappa shape index (κ2) is 5.32. The molecule has 0 aliphatic heterocycles. The van der Waals surface area contributed by atoms with Crippen molar-refractivity contribution in [2.45, 2.75) is 26.3 Å². The highest BCUT2D eigenvalue weighted by Crippen LogP contribution is 2.03. The third-order valence-electron chi connectivity index (χ3n) is 1.32. The molecule has 0 fully saturated rings. The first-order valence-corrected chi connectivity index (χ1v) is 3.69. The molecule has 0 rings (SSSR count). The molecule has 0 aliphatic rings. The van der Waals surface area contributed by atoms with Gasteiger partial charge in [0.2, 0.25) is 5.91 Å². The van der Waals surface area contributed by atoms with Crippen LogP contribution in [0.5, 0.6) is 0 Å². The van der Waals surface area contributed by atoms with Crippen molar-refractivity contribution in [1.82, 2.24) is 5.43 Å². The lowest BCUT2D eigenvalue weighted by molar-refractivity contribution is -0.120. The molecule has 12 heavy (non-hydrogen) atoms. The van der Waals surface area contributed by atoms with Crippen molar-refractivity contribution in [3.05, 3.63) is 0 Å². The van der Waals surface area contributed by atoms with E-state index in [1.165, 1.54) is 6.08 Å². The predicted molar refractivity (Wildman–Crippen MR) is 43.7 cm³/mol. The van der Waals surface area contributed by atoms with Crippen molar-refractivity contribution in [3.63, 3.8) is 0 Å². The number of primary amides is 1. The molecule has 0 saturated heterocycles. The van der Waals surface area contributed by atoms with Crippen LogP contribution < -0.4 is 11.2 Å². The second-order valence-electron chi connectivity index (χ2n) is 2.92. The third-order valence-corrected chi connectivity index (χ3v) is 1.32. The summed E-state index contributed by atoms with van der Waals surface area (Å²) < 4.78 is 0. The summed E-state index contributed by atoms with van der Waals surface area (Å²) >= 11 is 0. The number of hydrogen-bond acceptors (Lipinski definition) is 4. The molecule has 1 unspecified atom stereocenters. The normalized spacial score (nSPS) is 11.9. The molecule has 68 valence electrons. The first kappa shape index (κ1) is 10.7. The van der Waals surface area contributed by atoms with Crippen molar-refractivity contribution in [3.8, 4) is 0 Å². The van der Waals surface area contributed by atoms with Crippen LogP contribution in [-0.4, -0.2) is 18.0 Å². The minimum atomic E-state index is -0.577. The number of isocyanates is 1. The lowest BCUT2D eigenvalue weighted by Crippen LogP contribution is -2.39. The van der Waals surface area contributed by atoms with Crippen molar-refractivity contribution >= 4 is 12.0 Å². The fraction of sp³-hybridized carbons (Fsp3) is 0.714. The van der Waals surface area contributed by atoms with Crippen LogP contribution in [0.4, 0.5) is 0 Å². The molecular weight excluding hydrogens is 158 g/mol. The molecule has 1 atom stereocenters. The summed E-state index contributed by atoms with van der Waals surface area (Å²) in [4.78, 5) is 20.4. The summed E-state index contributed by atoms with van der Waals surface area (Å²) in [5.74, 6) is -0.195. The van der Waals surface area contributed by atoms with Gasteiger partial charge >= 0.3 is 0 Å². The van der Waals surface area contributed by atoms with Crippen molar-refractivity contribution in [1.29, 1.82) is 0 Å². The Hall–Kier alpha value is -1.35. The summed E-state index contributed by atoms with van der Waals surface area (Å²) in [5, 5.41) is 3.09. The van der Waals surface area contributed by atoms with Crippen molar-refractivity contribution in [2.24, 2.45) is 16.8 Å². The van der Waals surface area contributed by atoms with E-state index in [2.05, 4.69) is 10.5 Å². The molecule has 0 saturated carbocycles.